The van der Waals surface area contributed by atoms with Crippen molar-refractivity contribution in [2.75, 3.05) is 25.0 Å². The van der Waals surface area contributed by atoms with E-state index in [0.29, 0.717) is 41.5 Å². The summed E-state index contributed by atoms with van der Waals surface area (Å²) < 4.78 is 41.1. The van der Waals surface area contributed by atoms with Gasteiger partial charge in [0.05, 0.1) is 23.4 Å². The smallest absolute Gasteiger partial charge is 0.406 e. The van der Waals surface area contributed by atoms with Crippen LogP contribution in [0.2, 0.25) is 5.02 Å². The molecule has 178 valence electrons. The number of carbonyl (C=O) groups is 1. The quantitative estimate of drug-likeness (QED) is 0.571. The van der Waals surface area contributed by atoms with Crippen molar-refractivity contribution in [3.05, 3.63) is 58.4 Å². The number of pyridine rings is 1. The Hall–Kier alpha value is -2.82. The lowest BCUT2D eigenvalue weighted by atomic mass is 10.0. The van der Waals surface area contributed by atoms with Crippen LogP contribution >= 0.6 is 11.6 Å². The molecule has 0 radical (unpaired) electrons. The highest BCUT2D eigenvalue weighted by atomic mass is 35.5. The van der Waals surface area contributed by atoms with Gasteiger partial charge in [0.2, 0.25) is 0 Å². The number of halogens is 4. The molecule has 1 aliphatic heterocycles. The molecule has 2 heterocycles. The van der Waals surface area contributed by atoms with Gasteiger partial charge in [-0.3, -0.25) is 4.98 Å². The number of rotatable bonds is 6. The molecule has 0 bridgehead atoms. The van der Waals surface area contributed by atoms with E-state index in [1.54, 1.807) is 17.2 Å². The molecule has 0 saturated heterocycles. The maximum atomic E-state index is 12.6. The molecule has 0 aliphatic carbocycles. The van der Waals surface area contributed by atoms with Gasteiger partial charge in [-0.1, -0.05) is 17.7 Å². The molecule has 1 aromatic carbocycles. The van der Waals surface area contributed by atoms with Crippen molar-refractivity contribution in [3.8, 4) is 5.75 Å². The molecule has 0 unspecified atom stereocenters. The van der Waals surface area contributed by atoms with E-state index in [2.05, 4.69) is 15.0 Å². The van der Waals surface area contributed by atoms with Crippen LogP contribution in [0.4, 0.5) is 23.7 Å². The number of anilines is 1. The van der Waals surface area contributed by atoms with Gasteiger partial charge in [0.25, 0.3) is 0 Å². The Morgan fingerprint density at radius 3 is 2.70 bits per heavy atom. The number of hydrogen-bond donors (Lipinski definition) is 3. The zero-order valence-corrected chi connectivity index (χ0v) is 18.5. The van der Waals surface area contributed by atoms with Gasteiger partial charge in [0, 0.05) is 31.4 Å². The van der Waals surface area contributed by atoms with Crippen LogP contribution in [0.15, 0.2) is 36.5 Å². The Bertz CT molecular complexity index is 1050. The number of benzene rings is 1. The Morgan fingerprint density at radius 2 is 2.12 bits per heavy atom. The summed E-state index contributed by atoms with van der Waals surface area (Å²) in [5, 5.41) is 21.6. The molecule has 7 nitrogen and oxygen atoms in total. The fraction of sp³-hybridized carbons (Fsp3) is 0.364. The van der Waals surface area contributed by atoms with Gasteiger partial charge in [-0.05, 0) is 54.3 Å². The monoisotopic (exact) mass is 485 g/mol. The van der Waals surface area contributed by atoms with E-state index in [1.807, 2.05) is 6.08 Å². The van der Waals surface area contributed by atoms with Gasteiger partial charge in [0.1, 0.15) is 5.75 Å². The van der Waals surface area contributed by atoms with E-state index in [9.17, 15) is 23.1 Å². The van der Waals surface area contributed by atoms with Crippen molar-refractivity contribution in [2.24, 2.45) is 0 Å². The van der Waals surface area contributed by atoms with Crippen molar-refractivity contribution in [2.45, 2.75) is 32.2 Å². The number of nitrogens with one attached hydrogen (secondary N) is 1. The van der Waals surface area contributed by atoms with E-state index < -0.39 is 12.5 Å². The van der Waals surface area contributed by atoms with Gasteiger partial charge in [0.15, 0.2) is 0 Å². The molecule has 2 aromatic rings. The van der Waals surface area contributed by atoms with E-state index in [0.717, 1.165) is 11.6 Å². The van der Waals surface area contributed by atoms with Gasteiger partial charge < -0.3 is 25.2 Å². The fourth-order valence-electron chi connectivity index (χ4n) is 3.40. The molecular weight excluding hydrogens is 463 g/mol. The minimum absolute atomic E-state index is 0.235. The second-order valence-corrected chi connectivity index (χ2v) is 8.01. The fourth-order valence-corrected chi connectivity index (χ4v) is 3.71. The molecular formula is C22H23ClF3N3O4. The second kappa shape index (κ2) is 10.4. The molecule has 1 atom stereocenters. The third-order valence-electron chi connectivity index (χ3n) is 5.03. The van der Waals surface area contributed by atoms with Crippen LogP contribution < -0.4 is 10.1 Å². The van der Waals surface area contributed by atoms with Crippen molar-refractivity contribution >= 4 is 28.9 Å². The van der Waals surface area contributed by atoms with Crippen molar-refractivity contribution < 1.29 is 32.9 Å². The topological polar surface area (TPSA) is 94.9 Å². The number of nitrogens with zero attached hydrogens (tertiary/aromatic N) is 2. The van der Waals surface area contributed by atoms with Crippen LogP contribution in [0.25, 0.3) is 5.57 Å². The summed E-state index contributed by atoms with van der Waals surface area (Å²) in [5.74, 6) is -0.327. The average Bonchev–Trinajstić information content (AvgIpc) is 2.75. The Kier molecular flexibility index (Phi) is 7.83. The molecule has 2 amide bonds. The summed E-state index contributed by atoms with van der Waals surface area (Å²) in [4.78, 5) is 18.5. The van der Waals surface area contributed by atoms with E-state index in [1.165, 1.54) is 19.1 Å². The van der Waals surface area contributed by atoms with Gasteiger partial charge in [-0.25, -0.2) is 4.79 Å². The molecule has 1 aliphatic rings. The minimum Gasteiger partial charge on any atom is -0.406 e. The number of alkyl halides is 3. The van der Waals surface area contributed by atoms with Crippen LogP contribution in [0.3, 0.4) is 0 Å². The summed E-state index contributed by atoms with van der Waals surface area (Å²) >= 11 is 6.34. The number of aromatic nitrogens is 1. The molecule has 11 heteroatoms. The highest BCUT2D eigenvalue weighted by Crippen LogP contribution is 2.30. The predicted molar refractivity (Wildman–Crippen MR) is 117 cm³/mol. The zero-order valence-electron chi connectivity index (χ0n) is 17.7. The number of amides is 2. The molecule has 0 saturated carbocycles. The highest BCUT2D eigenvalue weighted by molar-refractivity contribution is 6.32. The third kappa shape index (κ3) is 6.83. The molecule has 33 heavy (non-hydrogen) atoms. The van der Waals surface area contributed by atoms with Crippen LogP contribution in [-0.2, 0) is 6.42 Å². The largest absolute Gasteiger partial charge is 0.573 e. The number of carbonyl (C=O) groups excluding carboxylic acids is 1. The summed E-state index contributed by atoms with van der Waals surface area (Å²) in [7, 11) is 0. The van der Waals surface area contributed by atoms with Crippen LogP contribution in [0.1, 0.15) is 23.2 Å². The maximum Gasteiger partial charge on any atom is 0.573 e. The van der Waals surface area contributed by atoms with Crippen molar-refractivity contribution in [1.82, 2.24) is 9.88 Å². The highest BCUT2D eigenvalue weighted by Gasteiger charge is 2.31. The summed E-state index contributed by atoms with van der Waals surface area (Å²) in [6.07, 6.45) is -1.49. The normalized spacial score (nSPS) is 15.1. The SMILES string of the molecule is Cc1cc(NC(=O)N2CC=C(c3ncc(C[C@H](O)CO)cc3Cl)CC2)ccc1OC(F)(F)F. The second-order valence-electron chi connectivity index (χ2n) is 7.60. The lowest BCUT2D eigenvalue weighted by molar-refractivity contribution is -0.274. The van der Waals surface area contributed by atoms with Crippen molar-refractivity contribution in [1.29, 1.82) is 0 Å². The standard InChI is InChI=1S/C22H23ClF3N3O4/c1-13-8-16(2-3-19(13)33-22(24,25)26)28-21(32)29-6-4-15(5-7-29)20-18(23)10-14(11-27-20)9-17(31)12-30/h2-4,8,10-11,17,30-31H,5-7,9,12H2,1H3,(H,28,32)/t17-/m0/s1. The third-order valence-corrected chi connectivity index (χ3v) is 5.32. The molecule has 0 fully saturated rings. The van der Waals surface area contributed by atoms with Crippen molar-refractivity contribution in [3.63, 3.8) is 0 Å². The molecule has 3 rings (SSSR count). The lowest BCUT2D eigenvalue weighted by Gasteiger charge is -2.27. The minimum atomic E-state index is -4.79. The van der Waals surface area contributed by atoms with E-state index in [4.69, 9.17) is 16.7 Å². The number of ether oxygens (including phenoxy) is 1. The summed E-state index contributed by atoms with van der Waals surface area (Å²) in [5.41, 5.74) is 2.76. The Morgan fingerprint density at radius 1 is 1.36 bits per heavy atom. The van der Waals surface area contributed by atoms with Crippen LogP contribution in [0.5, 0.6) is 5.75 Å². The number of aryl methyl sites for hydroxylation is 1. The first kappa shape index (κ1) is 24.8. The van der Waals surface area contributed by atoms with Gasteiger partial charge in [-0.2, -0.15) is 0 Å². The van der Waals surface area contributed by atoms with E-state index in [-0.39, 0.29) is 30.4 Å². The Labute approximate surface area is 193 Å². The predicted octanol–water partition coefficient (Wildman–Crippen LogP) is 4.16. The zero-order chi connectivity index (χ0) is 24.2. The molecule has 3 N–H and O–H groups in total. The first-order valence-electron chi connectivity index (χ1n) is 10.1. The van der Waals surface area contributed by atoms with Gasteiger partial charge >= 0.3 is 12.4 Å². The van der Waals surface area contributed by atoms with E-state index >= 15 is 0 Å². The maximum absolute atomic E-state index is 12.6. The lowest BCUT2D eigenvalue weighted by Crippen LogP contribution is -2.38. The summed E-state index contributed by atoms with van der Waals surface area (Å²) in [6, 6.07) is 5.21. The first-order valence-corrected chi connectivity index (χ1v) is 10.5. The van der Waals surface area contributed by atoms with Crippen LogP contribution in [-0.4, -0.2) is 58.3 Å². The molecule has 1 aromatic heterocycles. The summed E-state index contributed by atoms with van der Waals surface area (Å²) in [6.45, 7) is 1.81. The number of urea groups is 1. The number of hydrogen-bond acceptors (Lipinski definition) is 5. The Balaban J connectivity index is 1.61. The number of aliphatic hydroxyl groups excluding tert-OH is 2. The number of aliphatic hydroxyl groups is 2. The average molecular weight is 486 g/mol. The van der Waals surface area contributed by atoms with Crippen LogP contribution in [0, 0.1) is 6.92 Å². The van der Waals surface area contributed by atoms with Gasteiger partial charge in [-0.15, -0.1) is 13.2 Å². The molecule has 0 spiro atoms. The first-order chi connectivity index (χ1) is 15.6.